The topological polar surface area (TPSA) is 63.0 Å². The van der Waals surface area contributed by atoms with Crippen LogP contribution in [-0.2, 0) is 4.79 Å². The molecule has 3 heterocycles. The maximum Gasteiger partial charge on any atom is 0.259 e. The summed E-state index contributed by atoms with van der Waals surface area (Å²) < 4.78 is 21.2. The van der Waals surface area contributed by atoms with E-state index in [-0.39, 0.29) is 17.8 Å². The molecule has 1 atom stereocenters. The first kappa shape index (κ1) is 23.8. The van der Waals surface area contributed by atoms with E-state index in [4.69, 9.17) is 9.73 Å². The highest BCUT2D eigenvalue weighted by Crippen LogP contribution is 2.39. The van der Waals surface area contributed by atoms with Gasteiger partial charge in [0.2, 0.25) is 5.96 Å². The largest absolute Gasteiger partial charge is 0.495 e. The molecular weight excluding hydrogens is 457 g/mol. The first-order valence-electron chi connectivity index (χ1n) is 12.0. The number of fused-ring (bicyclic) bond motifs is 1. The van der Waals surface area contributed by atoms with Gasteiger partial charge in [0.25, 0.3) is 5.91 Å². The number of benzene rings is 2. The van der Waals surface area contributed by atoms with Gasteiger partial charge < -0.3 is 14.2 Å². The summed E-state index contributed by atoms with van der Waals surface area (Å²) in [5.41, 5.74) is 3.37. The van der Waals surface area contributed by atoms with Crippen molar-refractivity contribution in [1.29, 1.82) is 0 Å². The molecule has 2 aliphatic rings. The molecule has 7 nitrogen and oxygen atoms in total. The fraction of sp³-hybridized carbons (Fsp3) is 0.321. The van der Waals surface area contributed by atoms with Gasteiger partial charge in [0.05, 0.1) is 36.4 Å². The van der Waals surface area contributed by atoms with Gasteiger partial charge in [-0.3, -0.25) is 9.69 Å². The number of halogens is 1. The molecule has 1 fully saturated rings. The van der Waals surface area contributed by atoms with E-state index in [1.165, 1.54) is 12.1 Å². The first-order chi connectivity index (χ1) is 17.2. The number of aliphatic imine (C=N–C) groups is 1. The third-order valence-electron chi connectivity index (χ3n) is 6.85. The highest BCUT2D eigenvalue weighted by molar-refractivity contribution is 6.12. The predicted octanol–water partition coefficient (Wildman–Crippen LogP) is 4.77. The van der Waals surface area contributed by atoms with Crippen LogP contribution >= 0.6 is 0 Å². The van der Waals surface area contributed by atoms with Crippen LogP contribution in [0.4, 0.5) is 4.39 Å². The van der Waals surface area contributed by atoms with Crippen LogP contribution in [0.2, 0.25) is 0 Å². The molecule has 0 spiro atoms. The maximum absolute atomic E-state index is 14.1. The van der Waals surface area contributed by atoms with Crippen molar-refractivity contribution in [1.82, 2.24) is 19.4 Å². The molecule has 0 radical (unpaired) electrons. The Balaban J connectivity index is 1.56. The fourth-order valence-corrected chi connectivity index (χ4v) is 4.90. The average Bonchev–Trinajstić information content (AvgIpc) is 3.28. The number of carbonyl (C=O) groups is 1. The van der Waals surface area contributed by atoms with Gasteiger partial charge in [-0.15, -0.1) is 0 Å². The predicted molar refractivity (Wildman–Crippen MR) is 138 cm³/mol. The van der Waals surface area contributed by atoms with Gasteiger partial charge in [-0.25, -0.2) is 14.4 Å². The standard InChI is InChI=1S/C28H30FN5O2/c1-18-16-33(17-30-18)24-11-6-19(15-25(24)36-5)14-22-26(35)34-23(20-7-9-21(29)10-8-20)12-13-32(4)27(34)31-28(22,2)3/h6-11,14-17,23H,12-13H2,1-5H3/b22-14-. The molecule has 0 bridgehead atoms. The van der Waals surface area contributed by atoms with Crippen LogP contribution in [0.3, 0.4) is 0 Å². The van der Waals surface area contributed by atoms with E-state index in [1.54, 1.807) is 30.5 Å². The molecular formula is C28H30FN5O2. The van der Waals surface area contributed by atoms with Crippen molar-refractivity contribution in [2.45, 2.75) is 38.8 Å². The van der Waals surface area contributed by atoms with Crippen LogP contribution in [0.15, 0.2) is 65.6 Å². The number of carbonyl (C=O) groups excluding carboxylic acids is 1. The number of ether oxygens (including phenoxy) is 1. The van der Waals surface area contributed by atoms with Crippen LogP contribution in [0, 0.1) is 12.7 Å². The zero-order valence-electron chi connectivity index (χ0n) is 21.2. The Morgan fingerprint density at radius 3 is 2.58 bits per heavy atom. The Morgan fingerprint density at radius 1 is 1.17 bits per heavy atom. The summed E-state index contributed by atoms with van der Waals surface area (Å²) in [5, 5.41) is 0. The summed E-state index contributed by atoms with van der Waals surface area (Å²) in [5.74, 6) is 0.926. The lowest BCUT2D eigenvalue weighted by atomic mass is 9.87. The van der Waals surface area contributed by atoms with E-state index in [9.17, 15) is 9.18 Å². The Hall–Kier alpha value is -3.94. The summed E-state index contributed by atoms with van der Waals surface area (Å²) in [6.07, 6.45) is 6.30. The number of hydrogen-bond acceptors (Lipinski definition) is 5. The van der Waals surface area contributed by atoms with Gasteiger partial charge in [0.15, 0.2) is 0 Å². The first-order valence-corrected chi connectivity index (χ1v) is 12.0. The summed E-state index contributed by atoms with van der Waals surface area (Å²) >= 11 is 0. The van der Waals surface area contributed by atoms with Gasteiger partial charge in [-0.1, -0.05) is 18.2 Å². The minimum atomic E-state index is -0.727. The van der Waals surface area contributed by atoms with Crippen molar-refractivity contribution in [2.24, 2.45) is 4.99 Å². The van der Waals surface area contributed by atoms with Gasteiger partial charge in [-0.2, -0.15) is 0 Å². The maximum atomic E-state index is 14.1. The summed E-state index contributed by atoms with van der Waals surface area (Å²) in [6.45, 7) is 6.60. The van der Waals surface area contributed by atoms with Gasteiger partial charge in [0.1, 0.15) is 11.6 Å². The molecule has 186 valence electrons. The third kappa shape index (κ3) is 4.17. The number of aryl methyl sites for hydroxylation is 1. The molecule has 1 saturated heterocycles. The molecule has 2 aliphatic heterocycles. The minimum Gasteiger partial charge on any atom is -0.495 e. The monoisotopic (exact) mass is 487 g/mol. The molecule has 36 heavy (non-hydrogen) atoms. The van der Waals surface area contributed by atoms with Crippen LogP contribution in [-0.4, -0.2) is 57.5 Å². The third-order valence-corrected chi connectivity index (χ3v) is 6.85. The summed E-state index contributed by atoms with van der Waals surface area (Å²) in [7, 11) is 3.58. The minimum absolute atomic E-state index is 0.0980. The summed E-state index contributed by atoms with van der Waals surface area (Å²) in [6, 6.07) is 12.0. The molecule has 3 aromatic rings. The smallest absolute Gasteiger partial charge is 0.259 e. The summed E-state index contributed by atoms with van der Waals surface area (Å²) in [4.78, 5) is 27.1. The van der Waals surface area contributed by atoms with E-state index >= 15 is 0 Å². The van der Waals surface area contributed by atoms with Crippen molar-refractivity contribution < 1.29 is 13.9 Å². The highest BCUT2D eigenvalue weighted by atomic mass is 19.1. The number of nitrogens with zero attached hydrogens (tertiary/aromatic N) is 5. The molecule has 8 heteroatoms. The zero-order chi connectivity index (χ0) is 25.6. The lowest BCUT2D eigenvalue weighted by molar-refractivity contribution is -0.127. The second-order valence-corrected chi connectivity index (χ2v) is 9.84. The number of aromatic nitrogens is 2. The van der Waals surface area contributed by atoms with Crippen molar-refractivity contribution in [3.05, 3.63) is 83.2 Å². The molecule has 5 rings (SSSR count). The lowest BCUT2D eigenvalue weighted by Gasteiger charge is -2.47. The SMILES string of the molecule is COc1cc(/C=C2/C(=O)N3C(=NC2(C)C)N(C)CCC3c2ccc(F)cc2)ccc1-n1cnc(C)c1. The van der Waals surface area contributed by atoms with E-state index in [1.807, 2.05) is 67.8 Å². The van der Waals surface area contributed by atoms with Gasteiger partial charge >= 0.3 is 0 Å². The average molecular weight is 488 g/mol. The van der Waals surface area contributed by atoms with Crippen molar-refractivity contribution in [3.63, 3.8) is 0 Å². The van der Waals surface area contributed by atoms with Crippen LogP contribution in [0.25, 0.3) is 11.8 Å². The molecule has 0 aliphatic carbocycles. The highest BCUT2D eigenvalue weighted by Gasteiger charge is 2.45. The Kier molecular flexibility index (Phi) is 5.90. The Morgan fingerprint density at radius 2 is 1.92 bits per heavy atom. The zero-order valence-corrected chi connectivity index (χ0v) is 21.2. The number of imidazole rings is 1. The van der Waals surface area contributed by atoms with Crippen LogP contribution in [0.1, 0.15) is 43.1 Å². The molecule has 0 N–H and O–H groups in total. The Labute approximate surface area is 210 Å². The molecule has 1 aromatic heterocycles. The van der Waals surface area contributed by atoms with Crippen LogP contribution < -0.4 is 4.74 Å². The molecule has 0 saturated carbocycles. The quantitative estimate of drug-likeness (QED) is 0.498. The van der Waals surface area contributed by atoms with Crippen molar-refractivity contribution in [3.8, 4) is 11.4 Å². The molecule has 2 aromatic carbocycles. The molecule has 1 unspecified atom stereocenters. The van der Waals surface area contributed by atoms with Crippen molar-refractivity contribution in [2.75, 3.05) is 20.7 Å². The fourth-order valence-electron chi connectivity index (χ4n) is 4.90. The van der Waals surface area contributed by atoms with E-state index < -0.39 is 5.54 Å². The van der Waals surface area contributed by atoms with Crippen LogP contribution in [0.5, 0.6) is 5.75 Å². The normalized spacial score (nSPS) is 20.4. The van der Waals surface area contributed by atoms with Gasteiger partial charge in [0, 0.05) is 25.4 Å². The number of rotatable bonds is 4. The number of methoxy groups -OCH3 is 1. The lowest BCUT2D eigenvalue weighted by Crippen LogP contribution is -2.58. The van der Waals surface area contributed by atoms with Gasteiger partial charge in [-0.05, 0) is 68.7 Å². The second kappa shape index (κ2) is 8.93. The van der Waals surface area contributed by atoms with E-state index in [0.29, 0.717) is 17.3 Å². The number of guanidine groups is 1. The van der Waals surface area contributed by atoms with Crippen molar-refractivity contribution >= 4 is 17.9 Å². The number of amides is 1. The van der Waals surface area contributed by atoms with E-state index in [0.717, 1.165) is 35.5 Å². The molecule has 1 amide bonds. The Bertz CT molecular complexity index is 1370. The van der Waals surface area contributed by atoms with E-state index in [2.05, 4.69) is 4.98 Å². The second-order valence-electron chi connectivity index (χ2n) is 9.84. The number of hydrogen-bond donors (Lipinski definition) is 0.